The van der Waals surface area contributed by atoms with Gasteiger partial charge in [-0.1, -0.05) is 37.3 Å². The summed E-state index contributed by atoms with van der Waals surface area (Å²) in [6.07, 6.45) is 1.72. The predicted molar refractivity (Wildman–Crippen MR) is 113 cm³/mol. The molecule has 0 spiro atoms. The van der Waals surface area contributed by atoms with Crippen LogP contribution in [0.3, 0.4) is 0 Å². The first-order chi connectivity index (χ1) is 12.5. The van der Waals surface area contributed by atoms with Crippen LogP contribution in [-0.2, 0) is 15.6 Å². The number of thioether (sulfide) groups is 1. The van der Waals surface area contributed by atoms with E-state index in [-0.39, 0.29) is 11.5 Å². The van der Waals surface area contributed by atoms with Gasteiger partial charge in [-0.05, 0) is 25.3 Å². The van der Waals surface area contributed by atoms with E-state index in [1.807, 2.05) is 42.1 Å². The Kier molecular flexibility index (Phi) is 8.78. The van der Waals surface area contributed by atoms with Gasteiger partial charge in [0.1, 0.15) is 0 Å². The van der Waals surface area contributed by atoms with Gasteiger partial charge in [0.25, 0.3) is 0 Å². The Balaban J connectivity index is 1.85. The Morgan fingerprint density at radius 1 is 1.31 bits per heavy atom. The van der Waals surface area contributed by atoms with Crippen LogP contribution >= 0.6 is 11.8 Å². The van der Waals surface area contributed by atoms with E-state index in [0.29, 0.717) is 18.2 Å². The second-order valence-electron chi connectivity index (χ2n) is 6.51. The van der Waals surface area contributed by atoms with Crippen LogP contribution in [0.1, 0.15) is 32.3 Å². The van der Waals surface area contributed by atoms with Crippen LogP contribution in [0.2, 0.25) is 0 Å². The smallest absolute Gasteiger partial charge is 0.193 e. The van der Waals surface area contributed by atoms with Crippen LogP contribution in [-0.4, -0.2) is 62.2 Å². The van der Waals surface area contributed by atoms with Gasteiger partial charge in [0.15, 0.2) is 15.8 Å². The van der Waals surface area contributed by atoms with Crippen LogP contribution in [0.15, 0.2) is 35.3 Å². The zero-order chi connectivity index (χ0) is 18.8. The Morgan fingerprint density at radius 2 is 2.08 bits per heavy atom. The van der Waals surface area contributed by atoms with E-state index in [0.717, 1.165) is 43.3 Å². The average molecular weight is 398 g/mol. The van der Waals surface area contributed by atoms with E-state index in [9.17, 15) is 8.42 Å². The van der Waals surface area contributed by atoms with E-state index in [2.05, 4.69) is 29.1 Å². The largest absolute Gasteiger partial charge is 0.357 e. The number of hydrogen-bond acceptors (Lipinski definition) is 4. The highest BCUT2D eigenvalue weighted by atomic mass is 32.2. The molecule has 1 aliphatic rings. The molecule has 0 aromatic heterocycles. The first kappa shape index (κ1) is 21.1. The number of sulfone groups is 1. The number of guanidine groups is 1. The minimum Gasteiger partial charge on any atom is -0.357 e. The zero-order valence-electron chi connectivity index (χ0n) is 15.9. The Morgan fingerprint density at radius 3 is 2.77 bits per heavy atom. The Bertz CT molecular complexity index is 663. The van der Waals surface area contributed by atoms with Gasteiger partial charge in [0, 0.05) is 37.2 Å². The third-order valence-corrected chi connectivity index (χ3v) is 7.39. The van der Waals surface area contributed by atoms with Crippen molar-refractivity contribution in [2.75, 3.05) is 37.7 Å². The molecule has 1 heterocycles. The summed E-state index contributed by atoms with van der Waals surface area (Å²) in [7, 11) is -3.09. The first-order valence-electron chi connectivity index (χ1n) is 9.43. The fraction of sp³-hybridized carbons (Fsp3) is 0.632. The molecule has 2 rings (SSSR count). The maximum absolute atomic E-state index is 12.3. The van der Waals surface area contributed by atoms with E-state index in [1.54, 1.807) is 0 Å². The second kappa shape index (κ2) is 10.8. The molecule has 0 radical (unpaired) electrons. The average Bonchev–Trinajstić information content (AvgIpc) is 2.64. The normalized spacial score (nSPS) is 18.8. The zero-order valence-corrected chi connectivity index (χ0v) is 17.5. The van der Waals surface area contributed by atoms with Crippen molar-refractivity contribution in [2.45, 2.75) is 37.7 Å². The summed E-state index contributed by atoms with van der Waals surface area (Å²) in [6.45, 7) is 7.67. The van der Waals surface area contributed by atoms with Crippen LogP contribution in [0.4, 0.5) is 0 Å². The van der Waals surface area contributed by atoms with Gasteiger partial charge in [-0.15, -0.1) is 0 Å². The number of nitrogens with zero attached hydrogens (tertiary/aromatic N) is 2. The summed E-state index contributed by atoms with van der Waals surface area (Å²) < 4.78 is 24.6. The van der Waals surface area contributed by atoms with Crippen molar-refractivity contribution in [1.82, 2.24) is 10.2 Å². The van der Waals surface area contributed by atoms with Crippen LogP contribution in [0, 0.1) is 0 Å². The summed E-state index contributed by atoms with van der Waals surface area (Å²) in [5.41, 5.74) is 0.848. The fourth-order valence-electron chi connectivity index (χ4n) is 2.95. The molecule has 0 saturated carbocycles. The lowest BCUT2D eigenvalue weighted by Crippen LogP contribution is -2.48. The highest BCUT2D eigenvalue weighted by Gasteiger charge is 2.21. The van der Waals surface area contributed by atoms with Gasteiger partial charge in [0.05, 0.1) is 11.5 Å². The van der Waals surface area contributed by atoms with Crippen molar-refractivity contribution in [2.24, 2.45) is 4.99 Å². The molecule has 1 aromatic rings. The maximum Gasteiger partial charge on any atom is 0.193 e. The van der Waals surface area contributed by atoms with Gasteiger partial charge < -0.3 is 10.2 Å². The first-order valence-corrected chi connectivity index (χ1v) is 12.3. The highest BCUT2D eigenvalue weighted by Crippen LogP contribution is 2.21. The van der Waals surface area contributed by atoms with Crippen molar-refractivity contribution in [3.63, 3.8) is 0 Å². The molecule has 1 fully saturated rings. The molecule has 1 saturated heterocycles. The van der Waals surface area contributed by atoms with Crippen molar-refractivity contribution < 1.29 is 8.42 Å². The van der Waals surface area contributed by atoms with E-state index in [4.69, 9.17) is 0 Å². The number of nitrogens with one attached hydrogen (secondary N) is 1. The summed E-state index contributed by atoms with van der Waals surface area (Å²) in [6, 6.07) is 9.36. The standard InChI is InChI=1S/C19H31N3O2S2/c1-3-18-15-22(12-13-25-18)19(20-4-2)21-11-8-14-26(23,24)16-17-9-6-5-7-10-17/h5-7,9-10,18H,3-4,8,11-16H2,1-2H3,(H,20,21). The molecule has 1 unspecified atom stereocenters. The lowest BCUT2D eigenvalue weighted by Gasteiger charge is -2.34. The van der Waals surface area contributed by atoms with E-state index >= 15 is 0 Å². The quantitative estimate of drug-likeness (QED) is 0.415. The molecule has 0 aliphatic carbocycles. The van der Waals surface area contributed by atoms with Crippen molar-refractivity contribution in [1.29, 1.82) is 0 Å². The Hall–Kier alpha value is -1.21. The van der Waals surface area contributed by atoms with Gasteiger partial charge in [-0.2, -0.15) is 11.8 Å². The monoisotopic (exact) mass is 397 g/mol. The Labute approximate surface area is 162 Å². The molecule has 7 heteroatoms. The van der Waals surface area contributed by atoms with E-state index in [1.165, 1.54) is 0 Å². The van der Waals surface area contributed by atoms with Crippen LogP contribution in [0.5, 0.6) is 0 Å². The van der Waals surface area contributed by atoms with Gasteiger partial charge >= 0.3 is 0 Å². The highest BCUT2D eigenvalue weighted by molar-refractivity contribution is 8.00. The second-order valence-corrected chi connectivity index (χ2v) is 10.1. The number of hydrogen-bond donors (Lipinski definition) is 1. The summed E-state index contributed by atoms with van der Waals surface area (Å²) in [5, 5.41) is 4.00. The SMILES string of the molecule is CCNC(=NCCCS(=O)(=O)Cc1ccccc1)N1CCSC(CC)C1. The molecule has 1 atom stereocenters. The van der Waals surface area contributed by atoms with Crippen LogP contribution < -0.4 is 5.32 Å². The minimum atomic E-state index is -3.09. The summed E-state index contributed by atoms with van der Waals surface area (Å²) in [5.74, 6) is 2.33. The lowest BCUT2D eigenvalue weighted by molar-refractivity contribution is 0.408. The molecule has 0 amide bonds. The van der Waals surface area contributed by atoms with Crippen molar-refractivity contribution in [3.05, 3.63) is 35.9 Å². The molecule has 146 valence electrons. The van der Waals surface area contributed by atoms with Crippen LogP contribution in [0.25, 0.3) is 0 Å². The molecule has 26 heavy (non-hydrogen) atoms. The lowest BCUT2D eigenvalue weighted by atomic mass is 10.2. The summed E-state index contributed by atoms with van der Waals surface area (Å²) in [4.78, 5) is 6.99. The topological polar surface area (TPSA) is 61.8 Å². The maximum atomic E-state index is 12.3. The van der Waals surface area contributed by atoms with Crippen molar-refractivity contribution in [3.8, 4) is 0 Å². The molecule has 1 aromatic carbocycles. The number of rotatable bonds is 8. The van der Waals surface area contributed by atoms with Gasteiger partial charge in [-0.25, -0.2) is 8.42 Å². The third kappa shape index (κ3) is 7.19. The number of aliphatic imine (C=N–C) groups is 1. The molecule has 0 bridgehead atoms. The van der Waals surface area contributed by atoms with Crippen molar-refractivity contribution >= 4 is 27.6 Å². The number of benzene rings is 1. The molecular weight excluding hydrogens is 366 g/mol. The molecule has 1 aliphatic heterocycles. The molecule has 5 nitrogen and oxygen atoms in total. The summed E-state index contributed by atoms with van der Waals surface area (Å²) >= 11 is 2.03. The molecular formula is C19H31N3O2S2. The van der Waals surface area contributed by atoms with E-state index < -0.39 is 9.84 Å². The van der Waals surface area contributed by atoms with Gasteiger partial charge in [0.2, 0.25) is 0 Å². The predicted octanol–water partition coefficient (Wildman–Crippen LogP) is 2.78. The molecule has 1 N–H and O–H groups in total. The van der Waals surface area contributed by atoms with Gasteiger partial charge in [-0.3, -0.25) is 4.99 Å². The third-order valence-electron chi connectivity index (χ3n) is 4.33. The fourth-order valence-corrected chi connectivity index (χ4v) is 5.55. The minimum absolute atomic E-state index is 0.110.